The molecule has 0 aliphatic heterocycles. The summed E-state index contributed by atoms with van der Waals surface area (Å²) in [5.74, 6) is 0.146. The smallest absolute Gasteiger partial charge is 0.342 e. The number of carbonyl (C=O) groups is 1. The number of methoxy groups -OCH3 is 1. The number of nitrogen functional groups attached to an aromatic ring is 1. The van der Waals surface area contributed by atoms with E-state index >= 15 is 0 Å². The van der Waals surface area contributed by atoms with Crippen LogP contribution in [0.2, 0.25) is 5.02 Å². The number of hydrogen-bond acceptors (Lipinski definition) is 7. The van der Waals surface area contributed by atoms with Gasteiger partial charge >= 0.3 is 5.97 Å². The monoisotopic (exact) mass is 359 g/mol. The first-order chi connectivity index (χ1) is 12.1. The summed E-state index contributed by atoms with van der Waals surface area (Å²) in [4.78, 5) is 12.2. The molecule has 0 fully saturated rings. The number of nitrogens with zero attached hydrogens (tertiary/aromatic N) is 2. The third-order valence-electron chi connectivity index (χ3n) is 3.35. The summed E-state index contributed by atoms with van der Waals surface area (Å²) in [6.45, 7) is -0.177. The zero-order valence-electron chi connectivity index (χ0n) is 13.2. The average molecular weight is 360 g/mol. The van der Waals surface area contributed by atoms with Gasteiger partial charge in [-0.25, -0.2) is 4.79 Å². The molecule has 0 aliphatic carbocycles. The van der Waals surface area contributed by atoms with Gasteiger partial charge < -0.3 is 19.6 Å². The van der Waals surface area contributed by atoms with E-state index < -0.39 is 5.97 Å². The van der Waals surface area contributed by atoms with Crippen LogP contribution in [0.15, 0.2) is 46.9 Å². The molecular formula is C17H14ClN3O4. The highest BCUT2D eigenvalue weighted by molar-refractivity contribution is 6.33. The average Bonchev–Trinajstić information content (AvgIpc) is 3.11. The van der Waals surface area contributed by atoms with Crippen molar-refractivity contribution in [3.63, 3.8) is 0 Å². The highest BCUT2D eigenvalue weighted by Gasteiger charge is 2.18. The number of benzene rings is 2. The first-order valence-electron chi connectivity index (χ1n) is 7.26. The molecule has 1 heterocycles. The third kappa shape index (κ3) is 3.72. The number of anilines is 1. The molecule has 2 N–H and O–H groups in total. The third-order valence-corrected chi connectivity index (χ3v) is 3.68. The number of nitrogens with two attached hydrogens (primary N) is 1. The Kier molecular flexibility index (Phi) is 4.85. The number of esters is 1. The normalized spacial score (nSPS) is 10.5. The second kappa shape index (κ2) is 7.23. The predicted octanol–water partition coefficient (Wildman–Crippen LogP) is 3.34. The van der Waals surface area contributed by atoms with Crippen molar-refractivity contribution in [3.8, 4) is 17.2 Å². The fourth-order valence-electron chi connectivity index (χ4n) is 2.11. The zero-order valence-corrected chi connectivity index (χ0v) is 14.0. The molecule has 25 heavy (non-hydrogen) atoms. The van der Waals surface area contributed by atoms with E-state index in [1.54, 1.807) is 0 Å². The highest BCUT2D eigenvalue weighted by Crippen LogP contribution is 2.29. The van der Waals surface area contributed by atoms with Crippen LogP contribution < -0.4 is 10.5 Å². The lowest BCUT2D eigenvalue weighted by molar-refractivity contribution is 0.0435. The second-order valence-electron chi connectivity index (χ2n) is 5.02. The van der Waals surface area contributed by atoms with Crippen molar-refractivity contribution in [2.75, 3.05) is 12.8 Å². The van der Waals surface area contributed by atoms with E-state index in [2.05, 4.69) is 10.2 Å². The van der Waals surface area contributed by atoms with E-state index in [1.807, 2.05) is 30.3 Å². The SMILES string of the molecule is COc1cc(N)c(Cl)cc1C(=O)OCc1nnc(-c2ccccc2)o1. The van der Waals surface area contributed by atoms with E-state index in [4.69, 9.17) is 31.2 Å². The van der Waals surface area contributed by atoms with Crippen LogP contribution in [0.3, 0.4) is 0 Å². The standard InChI is InChI=1S/C17H14ClN3O4/c1-23-14-8-13(19)12(18)7-11(14)17(22)24-9-15-20-21-16(25-15)10-5-3-2-4-6-10/h2-8H,9,19H2,1H3. The minimum atomic E-state index is -0.641. The molecule has 0 saturated heterocycles. The first-order valence-corrected chi connectivity index (χ1v) is 7.64. The molecule has 0 radical (unpaired) electrons. The van der Waals surface area contributed by atoms with Gasteiger partial charge in [-0.3, -0.25) is 0 Å². The van der Waals surface area contributed by atoms with E-state index in [9.17, 15) is 4.79 Å². The van der Waals surface area contributed by atoms with Crippen molar-refractivity contribution < 1.29 is 18.7 Å². The molecule has 7 nitrogen and oxygen atoms in total. The quantitative estimate of drug-likeness (QED) is 0.550. The van der Waals surface area contributed by atoms with Gasteiger partial charge in [-0.05, 0) is 18.2 Å². The summed E-state index contributed by atoms with van der Waals surface area (Å²) in [5.41, 5.74) is 6.93. The van der Waals surface area contributed by atoms with Gasteiger partial charge in [-0.2, -0.15) is 0 Å². The summed E-state index contributed by atoms with van der Waals surface area (Å²) < 4.78 is 15.8. The van der Waals surface area contributed by atoms with E-state index in [0.717, 1.165) is 5.56 Å². The van der Waals surface area contributed by atoms with Gasteiger partial charge in [0.2, 0.25) is 5.89 Å². The molecule has 0 bridgehead atoms. The fourth-order valence-corrected chi connectivity index (χ4v) is 2.28. The van der Waals surface area contributed by atoms with Crippen LogP contribution in [0.5, 0.6) is 5.75 Å². The van der Waals surface area contributed by atoms with Gasteiger partial charge in [0.15, 0.2) is 6.61 Å². The lowest BCUT2D eigenvalue weighted by Gasteiger charge is -2.09. The van der Waals surface area contributed by atoms with Crippen molar-refractivity contribution in [2.45, 2.75) is 6.61 Å². The number of carbonyl (C=O) groups excluding carboxylic acids is 1. The molecule has 3 aromatic rings. The minimum absolute atomic E-state index is 0.157. The molecule has 0 unspecified atom stereocenters. The molecule has 0 atom stereocenters. The van der Waals surface area contributed by atoms with Gasteiger partial charge in [-0.1, -0.05) is 29.8 Å². The molecule has 3 rings (SSSR count). The molecule has 0 saturated carbocycles. The Bertz CT molecular complexity index is 896. The van der Waals surface area contributed by atoms with Gasteiger partial charge in [0, 0.05) is 11.6 Å². The lowest BCUT2D eigenvalue weighted by Crippen LogP contribution is -2.08. The molecule has 1 aromatic heterocycles. The summed E-state index contributed by atoms with van der Waals surface area (Å²) in [6, 6.07) is 12.1. The summed E-state index contributed by atoms with van der Waals surface area (Å²) >= 11 is 5.95. The summed E-state index contributed by atoms with van der Waals surface area (Å²) in [7, 11) is 1.42. The van der Waals surface area contributed by atoms with Crippen molar-refractivity contribution in [3.05, 3.63) is 58.9 Å². The van der Waals surface area contributed by atoms with Crippen molar-refractivity contribution in [1.29, 1.82) is 0 Å². The van der Waals surface area contributed by atoms with Gasteiger partial charge in [-0.15, -0.1) is 10.2 Å². The fraction of sp³-hybridized carbons (Fsp3) is 0.118. The maximum absolute atomic E-state index is 12.2. The lowest BCUT2D eigenvalue weighted by atomic mass is 10.2. The Morgan fingerprint density at radius 1 is 1.24 bits per heavy atom. The van der Waals surface area contributed by atoms with Crippen molar-refractivity contribution >= 4 is 23.3 Å². The number of halogens is 1. The number of rotatable bonds is 5. The topological polar surface area (TPSA) is 100 Å². The van der Waals surface area contributed by atoms with Crippen LogP contribution in [-0.4, -0.2) is 23.3 Å². The molecule has 2 aromatic carbocycles. The van der Waals surface area contributed by atoms with Crippen LogP contribution in [0.4, 0.5) is 5.69 Å². The van der Waals surface area contributed by atoms with E-state index in [-0.39, 0.29) is 28.8 Å². The molecular weight excluding hydrogens is 346 g/mol. The van der Waals surface area contributed by atoms with Gasteiger partial charge in [0.05, 0.1) is 17.8 Å². The molecule has 0 spiro atoms. The number of aromatic nitrogens is 2. The van der Waals surface area contributed by atoms with Crippen LogP contribution in [0.25, 0.3) is 11.5 Å². The highest BCUT2D eigenvalue weighted by atomic mass is 35.5. The Morgan fingerprint density at radius 3 is 2.72 bits per heavy atom. The van der Waals surface area contributed by atoms with Crippen LogP contribution >= 0.6 is 11.6 Å². The van der Waals surface area contributed by atoms with Gasteiger partial charge in [0.1, 0.15) is 11.3 Å². The van der Waals surface area contributed by atoms with Crippen LogP contribution in [0, 0.1) is 0 Å². The summed E-state index contributed by atoms with van der Waals surface area (Å²) in [5, 5.41) is 8.02. The van der Waals surface area contributed by atoms with Crippen molar-refractivity contribution in [1.82, 2.24) is 10.2 Å². The van der Waals surface area contributed by atoms with Crippen molar-refractivity contribution in [2.24, 2.45) is 0 Å². The predicted molar refractivity (Wildman–Crippen MR) is 91.3 cm³/mol. The molecule has 0 amide bonds. The Labute approximate surface area is 148 Å². The largest absolute Gasteiger partial charge is 0.496 e. The maximum Gasteiger partial charge on any atom is 0.342 e. The Morgan fingerprint density at radius 2 is 2.00 bits per heavy atom. The van der Waals surface area contributed by atoms with Crippen LogP contribution in [0.1, 0.15) is 16.2 Å². The molecule has 128 valence electrons. The molecule has 0 aliphatic rings. The Balaban J connectivity index is 1.71. The first kappa shape index (κ1) is 16.8. The number of hydrogen-bond donors (Lipinski definition) is 1. The maximum atomic E-state index is 12.2. The Hall–Kier alpha value is -3.06. The minimum Gasteiger partial charge on any atom is -0.496 e. The number of ether oxygens (including phenoxy) is 2. The van der Waals surface area contributed by atoms with E-state index in [0.29, 0.717) is 11.6 Å². The van der Waals surface area contributed by atoms with Gasteiger partial charge in [0.25, 0.3) is 5.89 Å². The molecule has 8 heteroatoms. The zero-order chi connectivity index (χ0) is 17.8. The van der Waals surface area contributed by atoms with Crippen LogP contribution in [-0.2, 0) is 11.3 Å². The van der Waals surface area contributed by atoms with E-state index in [1.165, 1.54) is 19.2 Å². The second-order valence-corrected chi connectivity index (χ2v) is 5.42. The summed E-state index contributed by atoms with van der Waals surface area (Å²) in [6.07, 6.45) is 0.